The molecule has 26 heavy (non-hydrogen) atoms. The Morgan fingerprint density at radius 2 is 1.65 bits per heavy atom. The van der Waals surface area contributed by atoms with Crippen molar-refractivity contribution in [3.63, 3.8) is 0 Å². The number of rotatable bonds is 8. The Bertz CT molecular complexity index is 657. The Labute approximate surface area is 159 Å². The van der Waals surface area contributed by atoms with E-state index >= 15 is 0 Å². The number of anilines is 1. The van der Waals surface area contributed by atoms with Gasteiger partial charge in [-0.25, -0.2) is 0 Å². The molecule has 0 amide bonds. The maximum absolute atomic E-state index is 3.57. The third kappa shape index (κ3) is 5.58. The van der Waals surface area contributed by atoms with Gasteiger partial charge >= 0.3 is 0 Å². The first-order valence-electron chi connectivity index (χ1n) is 10.0. The van der Waals surface area contributed by atoms with Crippen molar-refractivity contribution in [2.45, 2.75) is 32.2 Å². The van der Waals surface area contributed by atoms with Gasteiger partial charge in [0.15, 0.2) is 0 Å². The smallest absolute Gasteiger partial charge is 0.0340 e. The quantitative estimate of drug-likeness (QED) is 0.695. The molecular weight excluding hydrogens is 318 g/mol. The highest BCUT2D eigenvalue weighted by Crippen LogP contribution is 2.25. The van der Waals surface area contributed by atoms with Gasteiger partial charge in [-0.15, -0.1) is 0 Å². The lowest BCUT2D eigenvalue weighted by molar-refractivity contribution is 0.228. The van der Waals surface area contributed by atoms with Gasteiger partial charge in [0.1, 0.15) is 0 Å². The molecule has 1 saturated heterocycles. The van der Waals surface area contributed by atoms with Gasteiger partial charge in [0, 0.05) is 18.8 Å². The molecule has 3 heteroatoms. The molecule has 1 aliphatic rings. The summed E-state index contributed by atoms with van der Waals surface area (Å²) in [7, 11) is 4.24. The molecule has 0 aromatic heterocycles. The van der Waals surface area contributed by atoms with E-state index in [4.69, 9.17) is 0 Å². The largest absolute Gasteiger partial charge is 0.385 e. The first kappa shape index (κ1) is 18.9. The molecule has 3 rings (SSSR count). The Morgan fingerprint density at radius 3 is 2.38 bits per heavy atom. The van der Waals surface area contributed by atoms with Crippen molar-refractivity contribution < 1.29 is 0 Å². The van der Waals surface area contributed by atoms with Crippen LogP contribution in [0.15, 0.2) is 48.5 Å². The highest BCUT2D eigenvalue weighted by atomic mass is 15.1. The lowest BCUT2D eigenvalue weighted by atomic mass is 9.99. The van der Waals surface area contributed by atoms with E-state index in [0.717, 1.165) is 13.1 Å². The number of nitrogens with one attached hydrogen (secondary N) is 1. The normalized spacial score (nSPS) is 15.3. The van der Waals surface area contributed by atoms with Crippen LogP contribution in [0.1, 0.15) is 31.2 Å². The molecule has 140 valence electrons. The van der Waals surface area contributed by atoms with E-state index in [2.05, 4.69) is 77.7 Å². The minimum absolute atomic E-state index is 0.965. The summed E-state index contributed by atoms with van der Waals surface area (Å²) in [4.78, 5) is 4.83. The molecule has 0 unspecified atom stereocenters. The van der Waals surface area contributed by atoms with Gasteiger partial charge in [0.05, 0.1) is 0 Å². The third-order valence-corrected chi connectivity index (χ3v) is 5.13. The van der Waals surface area contributed by atoms with E-state index in [1.54, 1.807) is 0 Å². The zero-order valence-electron chi connectivity index (χ0n) is 16.4. The topological polar surface area (TPSA) is 18.5 Å². The summed E-state index contributed by atoms with van der Waals surface area (Å²) in [5.41, 5.74) is 5.22. The molecule has 0 spiro atoms. The molecule has 0 bridgehead atoms. The van der Waals surface area contributed by atoms with Crippen LogP contribution in [0.2, 0.25) is 0 Å². The van der Waals surface area contributed by atoms with E-state index < -0.39 is 0 Å². The first-order chi connectivity index (χ1) is 12.7. The molecule has 1 aliphatic heterocycles. The average Bonchev–Trinajstić information content (AvgIpc) is 2.67. The van der Waals surface area contributed by atoms with Gasteiger partial charge in [-0.1, -0.05) is 42.8 Å². The Hall–Kier alpha value is -1.84. The summed E-state index contributed by atoms with van der Waals surface area (Å²) in [6.07, 6.45) is 5.39. The van der Waals surface area contributed by atoms with Crippen molar-refractivity contribution in [2.75, 3.05) is 45.6 Å². The summed E-state index contributed by atoms with van der Waals surface area (Å²) in [5, 5.41) is 3.57. The molecule has 0 atom stereocenters. The zero-order valence-corrected chi connectivity index (χ0v) is 16.4. The maximum Gasteiger partial charge on any atom is 0.0340 e. The van der Waals surface area contributed by atoms with Crippen molar-refractivity contribution in [1.29, 1.82) is 0 Å². The number of piperidine rings is 1. The van der Waals surface area contributed by atoms with Gasteiger partial charge in [0.2, 0.25) is 0 Å². The molecular formula is C23H33N3. The van der Waals surface area contributed by atoms with Crippen LogP contribution in [-0.4, -0.2) is 50.1 Å². The predicted molar refractivity (Wildman–Crippen MR) is 113 cm³/mol. The second-order valence-corrected chi connectivity index (χ2v) is 7.65. The fourth-order valence-corrected chi connectivity index (χ4v) is 3.77. The highest BCUT2D eigenvalue weighted by molar-refractivity contribution is 5.69. The van der Waals surface area contributed by atoms with Crippen molar-refractivity contribution in [3.8, 4) is 11.1 Å². The van der Waals surface area contributed by atoms with Crippen LogP contribution in [0.4, 0.5) is 5.69 Å². The van der Waals surface area contributed by atoms with Crippen LogP contribution in [-0.2, 0) is 6.54 Å². The van der Waals surface area contributed by atoms with Gasteiger partial charge in [-0.2, -0.15) is 0 Å². The Morgan fingerprint density at radius 1 is 0.923 bits per heavy atom. The second-order valence-electron chi connectivity index (χ2n) is 7.65. The van der Waals surface area contributed by atoms with Crippen LogP contribution in [0, 0.1) is 0 Å². The van der Waals surface area contributed by atoms with E-state index in [1.807, 2.05) is 0 Å². The van der Waals surface area contributed by atoms with Crippen LogP contribution >= 0.6 is 0 Å². The predicted octanol–water partition coefficient (Wildman–Crippen LogP) is 4.70. The Kier molecular flexibility index (Phi) is 7.10. The lowest BCUT2D eigenvalue weighted by Crippen LogP contribution is -2.31. The minimum Gasteiger partial charge on any atom is -0.385 e. The fourth-order valence-electron chi connectivity index (χ4n) is 3.77. The van der Waals surface area contributed by atoms with Crippen molar-refractivity contribution in [3.05, 3.63) is 54.1 Å². The number of nitrogens with zero attached hydrogens (tertiary/aromatic N) is 2. The summed E-state index contributed by atoms with van der Waals surface area (Å²) in [6, 6.07) is 17.6. The highest BCUT2D eigenvalue weighted by Gasteiger charge is 2.09. The SMILES string of the molecule is CN(C)Cc1ccccc1-c1ccc(NCCCN2CCCCC2)cc1. The van der Waals surface area contributed by atoms with Crippen LogP contribution in [0.3, 0.4) is 0 Å². The van der Waals surface area contributed by atoms with Gasteiger partial charge in [0.25, 0.3) is 0 Å². The fraction of sp³-hybridized carbons (Fsp3) is 0.478. The number of benzene rings is 2. The van der Waals surface area contributed by atoms with Crippen molar-refractivity contribution >= 4 is 5.69 Å². The minimum atomic E-state index is 0.965. The second kappa shape index (κ2) is 9.75. The van der Waals surface area contributed by atoms with E-state index in [1.165, 1.54) is 67.7 Å². The van der Waals surface area contributed by atoms with E-state index in [0.29, 0.717) is 0 Å². The summed E-state index contributed by atoms with van der Waals surface area (Å²) < 4.78 is 0. The molecule has 3 nitrogen and oxygen atoms in total. The van der Waals surface area contributed by atoms with Gasteiger partial charge < -0.3 is 15.1 Å². The maximum atomic E-state index is 3.57. The molecule has 0 aliphatic carbocycles. The van der Waals surface area contributed by atoms with Crippen LogP contribution in [0.25, 0.3) is 11.1 Å². The number of likely N-dealkylation sites (tertiary alicyclic amines) is 1. The standard InChI is InChI=1S/C23H33N3/c1-25(2)19-21-9-4-5-10-23(21)20-11-13-22(14-12-20)24-15-8-18-26-16-6-3-7-17-26/h4-5,9-14,24H,3,6-8,15-19H2,1-2H3. The third-order valence-electron chi connectivity index (χ3n) is 5.13. The van der Waals surface area contributed by atoms with Gasteiger partial charge in [-0.05, 0) is 81.8 Å². The molecule has 1 fully saturated rings. The molecule has 2 aromatic carbocycles. The van der Waals surface area contributed by atoms with E-state index in [9.17, 15) is 0 Å². The molecule has 0 radical (unpaired) electrons. The van der Waals surface area contributed by atoms with Crippen molar-refractivity contribution in [2.24, 2.45) is 0 Å². The molecule has 0 saturated carbocycles. The summed E-state index contributed by atoms with van der Waals surface area (Å²) >= 11 is 0. The van der Waals surface area contributed by atoms with Gasteiger partial charge in [-0.3, -0.25) is 0 Å². The first-order valence-corrected chi connectivity index (χ1v) is 10.0. The van der Waals surface area contributed by atoms with E-state index in [-0.39, 0.29) is 0 Å². The lowest BCUT2D eigenvalue weighted by Gasteiger charge is -2.26. The molecule has 1 N–H and O–H groups in total. The monoisotopic (exact) mass is 351 g/mol. The number of hydrogen-bond acceptors (Lipinski definition) is 3. The summed E-state index contributed by atoms with van der Waals surface area (Å²) in [6.45, 7) is 5.82. The molecule has 2 aromatic rings. The number of hydrogen-bond donors (Lipinski definition) is 1. The summed E-state index contributed by atoms with van der Waals surface area (Å²) in [5.74, 6) is 0. The zero-order chi connectivity index (χ0) is 18.2. The van der Waals surface area contributed by atoms with Crippen molar-refractivity contribution in [1.82, 2.24) is 9.80 Å². The van der Waals surface area contributed by atoms with Crippen LogP contribution < -0.4 is 5.32 Å². The molecule has 1 heterocycles. The van der Waals surface area contributed by atoms with Crippen LogP contribution in [0.5, 0.6) is 0 Å². The average molecular weight is 352 g/mol. The Balaban J connectivity index is 1.52.